The molecule has 2 heteroatoms. The molecule has 9 heavy (non-hydrogen) atoms. The quantitative estimate of drug-likeness (QED) is 0.587. The Morgan fingerprint density at radius 2 is 2.33 bits per heavy atom. The highest BCUT2D eigenvalue weighted by Gasteiger charge is 1.94. The first-order chi connectivity index (χ1) is 4.20. The molecular weight excluding hydrogens is 183 g/mol. The van der Waals surface area contributed by atoms with Crippen molar-refractivity contribution in [1.29, 1.82) is 0 Å². The monoisotopic (exact) mass is 187 g/mol. The van der Waals surface area contributed by atoms with Crippen molar-refractivity contribution in [1.82, 2.24) is 0 Å². The van der Waals surface area contributed by atoms with Gasteiger partial charge in [0.1, 0.15) is 5.82 Å². The van der Waals surface area contributed by atoms with Gasteiger partial charge in [-0.1, -0.05) is 15.9 Å². The lowest BCUT2D eigenvalue weighted by Crippen LogP contribution is -1.79. The summed E-state index contributed by atoms with van der Waals surface area (Å²) in [5.74, 6) is -0.210. The second-order valence-corrected chi connectivity index (χ2v) is 2.67. The van der Waals surface area contributed by atoms with Gasteiger partial charge in [0.25, 0.3) is 0 Å². The van der Waals surface area contributed by atoms with Crippen molar-refractivity contribution in [2.45, 2.75) is 6.92 Å². The van der Waals surface area contributed by atoms with E-state index in [1.54, 1.807) is 13.0 Å². The summed E-state index contributed by atoms with van der Waals surface area (Å²) in [7, 11) is 0. The van der Waals surface area contributed by atoms with Crippen LogP contribution in [0.1, 0.15) is 5.56 Å². The van der Waals surface area contributed by atoms with Crippen molar-refractivity contribution in [3.63, 3.8) is 0 Å². The van der Waals surface area contributed by atoms with Crippen LogP contribution >= 0.6 is 15.9 Å². The maximum Gasteiger partial charge on any atom is 0.126 e. The van der Waals surface area contributed by atoms with Crippen molar-refractivity contribution >= 4 is 15.9 Å². The maximum absolute atomic E-state index is 12.4. The van der Waals surface area contributed by atoms with E-state index in [0.717, 1.165) is 4.47 Å². The van der Waals surface area contributed by atoms with Gasteiger partial charge in [0.2, 0.25) is 0 Å². The van der Waals surface area contributed by atoms with Gasteiger partial charge in [0, 0.05) is 10.5 Å². The van der Waals surface area contributed by atoms with Crippen LogP contribution in [-0.4, -0.2) is 0 Å². The Balaban J connectivity index is 3.17. The molecule has 0 atom stereocenters. The van der Waals surface area contributed by atoms with Gasteiger partial charge in [-0.05, 0) is 24.6 Å². The molecule has 0 saturated heterocycles. The van der Waals surface area contributed by atoms with Crippen molar-refractivity contribution in [3.05, 3.63) is 34.1 Å². The van der Waals surface area contributed by atoms with E-state index in [1.165, 1.54) is 6.07 Å². The Morgan fingerprint density at radius 3 is 2.78 bits per heavy atom. The number of hydrogen-bond donors (Lipinski definition) is 0. The van der Waals surface area contributed by atoms with Crippen molar-refractivity contribution in [2.75, 3.05) is 0 Å². The maximum atomic E-state index is 12.4. The molecule has 0 unspecified atom stereocenters. The number of rotatable bonds is 0. The van der Waals surface area contributed by atoms with Gasteiger partial charge in [0.05, 0.1) is 0 Å². The minimum Gasteiger partial charge on any atom is -0.207 e. The van der Waals surface area contributed by atoms with Gasteiger partial charge in [-0.15, -0.1) is 0 Å². The number of aryl methyl sites for hydroxylation is 1. The second-order valence-electron chi connectivity index (χ2n) is 1.81. The number of halogens is 2. The molecule has 0 saturated carbocycles. The Labute approximate surface area is 61.8 Å². The first-order valence-corrected chi connectivity index (χ1v) is 3.33. The predicted octanol–water partition coefficient (Wildman–Crippen LogP) is 2.70. The van der Waals surface area contributed by atoms with Crippen LogP contribution in [0.2, 0.25) is 0 Å². The molecule has 0 heterocycles. The lowest BCUT2D eigenvalue weighted by Gasteiger charge is -1.93. The molecule has 0 N–H and O–H groups in total. The minimum atomic E-state index is -0.210. The molecule has 0 fully saturated rings. The normalized spacial score (nSPS) is 9.67. The van der Waals surface area contributed by atoms with Crippen LogP contribution in [0.5, 0.6) is 0 Å². The molecule has 0 amide bonds. The van der Waals surface area contributed by atoms with Gasteiger partial charge in [-0.3, -0.25) is 0 Å². The summed E-state index contributed by atoms with van der Waals surface area (Å²) in [6.45, 7) is 1.72. The molecule has 0 aromatic heterocycles. The summed E-state index contributed by atoms with van der Waals surface area (Å²) in [6.07, 6.45) is 0. The van der Waals surface area contributed by atoms with E-state index in [1.807, 2.05) is 0 Å². The molecular formula is C7H5BrF. The minimum absolute atomic E-state index is 0.210. The summed E-state index contributed by atoms with van der Waals surface area (Å²) in [6, 6.07) is 5.69. The van der Waals surface area contributed by atoms with E-state index in [9.17, 15) is 4.39 Å². The summed E-state index contributed by atoms with van der Waals surface area (Å²) >= 11 is 3.17. The Morgan fingerprint density at radius 1 is 1.67 bits per heavy atom. The SMILES string of the molecule is Cc1cc(Br)[c]cc1F. The third kappa shape index (κ3) is 1.52. The highest BCUT2D eigenvalue weighted by atomic mass is 79.9. The van der Waals surface area contributed by atoms with E-state index in [0.29, 0.717) is 5.56 Å². The predicted molar refractivity (Wildman–Crippen MR) is 37.7 cm³/mol. The topological polar surface area (TPSA) is 0 Å². The molecule has 1 aromatic rings. The van der Waals surface area contributed by atoms with Crippen LogP contribution in [0.4, 0.5) is 4.39 Å². The van der Waals surface area contributed by atoms with Crippen molar-refractivity contribution in [2.24, 2.45) is 0 Å². The third-order valence-electron chi connectivity index (χ3n) is 1.06. The lowest BCUT2D eigenvalue weighted by molar-refractivity contribution is 0.618. The highest BCUT2D eigenvalue weighted by molar-refractivity contribution is 9.10. The molecule has 0 aliphatic carbocycles. The second kappa shape index (κ2) is 2.48. The Hall–Kier alpha value is -0.370. The van der Waals surface area contributed by atoms with E-state index in [-0.39, 0.29) is 5.82 Å². The van der Waals surface area contributed by atoms with E-state index >= 15 is 0 Å². The largest absolute Gasteiger partial charge is 0.207 e. The zero-order valence-electron chi connectivity index (χ0n) is 4.91. The fourth-order valence-electron chi connectivity index (χ4n) is 0.547. The first-order valence-electron chi connectivity index (χ1n) is 2.53. The average molecular weight is 188 g/mol. The van der Waals surface area contributed by atoms with E-state index in [4.69, 9.17) is 0 Å². The Bertz CT molecular complexity index is 220. The van der Waals surface area contributed by atoms with E-state index < -0.39 is 0 Å². The smallest absolute Gasteiger partial charge is 0.126 e. The standard InChI is InChI=1S/C7H5BrF/c1-5-4-6(8)2-3-7(5)9/h3-4H,1H3. The van der Waals surface area contributed by atoms with Crippen LogP contribution in [-0.2, 0) is 0 Å². The fraction of sp³-hybridized carbons (Fsp3) is 0.143. The van der Waals surface area contributed by atoms with Crippen LogP contribution in [0, 0.1) is 18.8 Å². The number of benzene rings is 1. The van der Waals surface area contributed by atoms with Crippen LogP contribution < -0.4 is 0 Å². The third-order valence-corrected chi connectivity index (χ3v) is 1.51. The summed E-state index contributed by atoms with van der Waals surface area (Å²) in [4.78, 5) is 0. The van der Waals surface area contributed by atoms with Gasteiger partial charge >= 0.3 is 0 Å². The van der Waals surface area contributed by atoms with Gasteiger partial charge in [-0.2, -0.15) is 0 Å². The Kier molecular flexibility index (Phi) is 1.86. The number of hydrogen-bond acceptors (Lipinski definition) is 0. The fourth-order valence-corrected chi connectivity index (χ4v) is 1.00. The van der Waals surface area contributed by atoms with Gasteiger partial charge in [0.15, 0.2) is 0 Å². The van der Waals surface area contributed by atoms with Gasteiger partial charge in [-0.25, -0.2) is 4.39 Å². The molecule has 0 aliphatic rings. The summed E-state index contributed by atoms with van der Waals surface area (Å²) in [5.41, 5.74) is 0.639. The zero-order valence-corrected chi connectivity index (χ0v) is 6.50. The molecule has 1 radical (unpaired) electrons. The highest BCUT2D eigenvalue weighted by Crippen LogP contribution is 2.12. The summed E-state index contributed by atoms with van der Waals surface area (Å²) in [5, 5.41) is 0. The molecule has 1 rings (SSSR count). The average Bonchev–Trinajstić information content (AvgIpc) is 1.80. The van der Waals surface area contributed by atoms with Crippen LogP contribution in [0.15, 0.2) is 16.6 Å². The van der Waals surface area contributed by atoms with Crippen LogP contribution in [0.25, 0.3) is 0 Å². The molecule has 0 aliphatic heterocycles. The zero-order chi connectivity index (χ0) is 6.85. The molecule has 1 aromatic carbocycles. The molecule has 47 valence electrons. The molecule has 0 spiro atoms. The van der Waals surface area contributed by atoms with Crippen molar-refractivity contribution < 1.29 is 4.39 Å². The summed E-state index contributed by atoms with van der Waals surface area (Å²) < 4.78 is 13.2. The first kappa shape index (κ1) is 6.75. The van der Waals surface area contributed by atoms with E-state index in [2.05, 4.69) is 22.0 Å². The molecule has 0 bridgehead atoms. The molecule has 0 nitrogen and oxygen atoms in total. The van der Waals surface area contributed by atoms with Gasteiger partial charge < -0.3 is 0 Å². The van der Waals surface area contributed by atoms with Crippen molar-refractivity contribution in [3.8, 4) is 0 Å². The lowest BCUT2D eigenvalue weighted by atomic mass is 10.2. The van der Waals surface area contributed by atoms with Crippen LogP contribution in [0.3, 0.4) is 0 Å².